The Kier molecular flexibility index (Phi) is 19.4. The van der Waals surface area contributed by atoms with E-state index in [1.54, 1.807) is 37.5 Å². The van der Waals surface area contributed by atoms with Gasteiger partial charge >= 0.3 is 5.97 Å². The fourth-order valence-corrected chi connectivity index (χ4v) is 9.26. The van der Waals surface area contributed by atoms with Crippen molar-refractivity contribution in [3.8, 4) is 0 Å². The molecule has 2 heterocycles. The van der Waals surface area contributed by atoms with Crippen molar-refractivity contribution in [3.63, 3.8) is 0 Å². The molecule has 0 saturated heterocycles. The van der Waals surface area contributed by atoms with Crippen molar-refractivity contribution in [2.45, 2.75) is 85.8 Å². The number of hydrogen-bond acceptors (Lipinski definition) is 13. The number of methoxy groups -OCH3 is 3. The maximum absolute atomic E-state index is 13.0. The molecule has 2 aromatic carbocycles. The summed E-state index contributed by atoms with van der Waals surface area (Å²) in [5.74, 6) is -1.33. The van der Waals surface area contributed by atoms with E-state index < -0.39 is 37.0 Å². The summed E-state index contributed by atoms with van der Waals surface area (Å²) in [5, 5.41) is 14.8. The summed E-state index contributed by atoms with van der Waals surface area (Å²) in [7, 11) is -4.97. The Morgan fingerprint density at radius 1 is 0.723 bits per heavy atom. The Morgan fingerprint density at radius 2 is 1.28 bits per heavy atom. The van der Waals surface area contributed by atoms with Gasteiger partial charge in [0.25, 0.3) is 0 Å². The van der Waals surface area contributed by atoms with Gasteiger partial charge in [-0.15, -0.1) is 0 Å². The van der Waals surface area contributed by atoms with Crippen LogP contribution in [0.25, 0.3) is 0 Å². The van der Waals surface area contributed by atoms with Gasteiger partial charge in [-0.25, -0.2) is 16.8 Å². The second-order valence-corrected chi connectivity index (χ2v) is 18.9. The van der Waals surface area contributed by atoms with Crippen LogP contribution in [0, 0.1) is 0 Å². The lowest BCUT2D eigenvalue weighted by molar-refractivity contribution is -0.438. The molecule has 0 bridgehead atoms. The lowest BCUT2D eigenvalue weighted by Crippen LogP contribution is -2.34. The number of anilines is 1. The molecule has 19 heteroatoms. The lowest BCUT2D eigenvalue weighted by Gasteiger charge is -2.30. The van der Waals surface area contributed by atoms with Gasteiger partial charge in [-0.05, 0) is 81.5 Å². The monoisotopic (exact) mass is 941 g/mol. The van der Waals surface area contributed by atoms with E-state index in [4.69, 9.17) is 19.3 Å². The smallest absolute Gasteiger partial charge is 0.303 e. The first-order chi connectivity index (χ1) is 30.8. The summed E-state index contributed by atoms with van der Waals surface area (Å²) in [6.07, 6.45) is 15.2. The second-order valence-electron chi connectivity index (χ2n) is 16.2. The van der Waals surface area contributed by atoms with Crippen molar-refractivity contribution in [1.29, 1.82) is 0 Å². The van der Waals surface area contributed by atoms with Crippen molar-refractivity contribution in [2.75, 3.05) is 72.2 Å². The molecule has 356 valence electrons. The zero-order valence-electron chi connectivity index (χ0n) is 37.7. The van der Waals surface area contributed by atoms with Gasteiger partial charge < -0.3 is 44.0 Å². The number of unbranched alkanes of at least 4 members (excludes halogenated alkanes) is 2. The number of carboxylic acid groups (broad SMARTS) is 1. The number of amides is 2. The third kappa shape index (κ3) is 14.0. The molecule has 2 aliphatic heterocycles. The summed E-state index contributed by atoms with van der Waals surface area (Å²) >= 11 is 0. The van der Waals surface area contributed by atoms with Crippen molar-refractivity contribution in [1.82, 2.24) is 10.6 Å². The van der Waals surface area contributed by atoms with Gasteiger partial charge in [-0.3, -0.25) is 14.4 Å². The highest BCUT2D eigenvalue weighted by Crippen LogP contribution is 2.51. The fourth-order valence-electron chi connectivity index (χ4n) is 8.26. The van der Waals surface area contributed by atoms with E-state index in [-0.39, 0.29) is 53.7 Å². The number of allylic oxidation sites excluding steroid dienone is 8. The molecule has 0 radical (unpaired) electrons. The topological polar surface area (TPSA) is 244 Å². The summed E-state index contributed by atoms with van der Waals surface area (Å²) in [6.45, 7) is 6.29. The van der Waals surface area contributed by atoms with Crippen LogP contribution < -0.4 is 15.5 Å². The molecule has 17 nitrogen and oxygen atoms in total. The first-order valence-electron chi connectivity index (χ1n) is 21.4. The normalized spacial score (nSPS) is 19.2. The van der Waals surface area contributed by atoms with Crippen molar-refractivity contribution in [2.24, 2.45) is 0 Å². The van der Waals surface area contributed by atoms with Crippen LogP contribution in [0.2, 0.25) is 0 Å². The Morgan fingerprint density at radius 3 is 1.86 bits per heavy atom. The highest BCUT2D eigenvalue weighted by atomic mass is 32.2. The predicted octanol–water partition coefficient (Wildman–Crippen LogP) is 4.56. The van der Waals surface area contributed by atoms with Gasteiger partial charge in [0.2, 0.25) is 17.5 Å². The Hall–Kier alpha value is -5.02. The van der Waals surface area contributed by atoms with Crippen LogP contribution in [0.4, 0.5) is 11.4 Å². The minimum atomic E-state index is -4.81. The summed E-state index contributed by atoms with van der Waals surface area (Å²) in [5.41, 5.74) is 2.24. The Bertz CT molecular complexity index is 2410. The van der Waals surface area contributed by atoms with Crippen molar-refractivity contribution >= 4 is 55.1 Å². The van der Waals surface area contributed by atoms with Crippen LogP contribution >= 0.6 is 0 Å². The molecule has 2 unspecified atom stereocenters. The predicted molar refractivity (Wildman–Crippen MR) is 242 cm³/mol. The van der Waals surface area contributed by atoms with E-state index in [0.29, 0.717) is 87.8 Å². The van der Waals surface area contributed by atoms with Crippen LogP contribution in [0.5, 0.6) is 0 Å². The van der Waals surface area contributed by atoms with Gasteiger partial charge in [-0.1, -0.05) is 30.4 Å². The van der Waals surface area contributed by atoms with E-state index >= 15 is 0 Å². The zero-order chi connectivity index (χ0) is 47.8. The van der Waals surface area contributed by atoms with E-state index in [0.717, 1.165) is 11.4 Å². The number of fused-ring (bicyclic) bond motifs is 2. The molecule has 2 aliphatic rings. The summed E-state index contributed by atoms with van der Waals surface area (Å²) in [4.78, 5) is 38.2. The number of benzene rings is 2. The van der Waals surface area contributed by atoms with Crippen LogP contribution in [-0.2, 0) is 59.7 Å². The van der Waals surface area contributed by atoms with Gasteiger partial charge in [0, 0.05) is 101 Å². The van der Waals surface area contributed by atoms with Gasteiger partial charge in [0.1, 0.15) is 26.8 Å². The standard InChI is InChI=1S/C46H62N4O13S2/c1-45(23-21-42(51)47-25-29-61-3)36-32-34(64(55,56)57)17-19-38(36)49(27-13-9-12-16-44(53)54)40(45)14-10-7-6-8-11-15-41-46(2,24-22-43(52)48-26-30-62-4)37-33-35(65(58,59)60)18-20-39(37)50(41)28-31-63-5/h6-8,10-11,14-15,17-20,32-33H,9,12-13,16,21-31H2,1-5H3,(H4-,47,48,51,52,53,54,55,56,57,58,59,60)/p-1. The highest BCUT2D eigenvalue weighted by Gasteiger charge is 2.48. The molecule has 4 rings (SSSR count). The molecule has 0 spiro atoms. The van der Waals surface area contributed by atoms with E-state index in [1.165, 1.54) is 38.5 Å². The number of carbonyl (C=O) groups is 3. The van der Waals surface area contributed by atoms with Crippen molar-refractivity contribution in [3.05, 3.63) is 95.8 Å². The quantitative estimate of drug-likeness (QED) is 0.0482. The SMILES string of the molecule is COCCNC(=O)CCC1(C)C(/C=C/C=C/C=C/C=C2/N(CCOC)c3ccc(S(=O)(=O)[O-])cc3C2(C)CCC(=O)NCCOC)=[N+](CCCCCC(=O)O)c2ccc(S(=O)(=O)[O-])cc21. The minimum absolute atomic E-state index is 0.0270. The number of carboxylic acids is 1. The maximum atomic E-state index is 13.0. The molecule has 2 amide bonds. The highest BCUT2D eigenvalue weighted by molar-refractivity contribution is 7.86. The van der Waals surface area contributed by atoms with Gasteiger partial charge in [0.15, 0.2) is 5.71 Å². The number of carbonyl (C=O) groups excluding carboxylic acids is 2. The Balaban J connectivity index is 1.72. The van der Waals surface area contributed by atoms with Gasteiger partial charge in [0.05, 0.1) is 35.0 Å². The van der Waals surface area contributed by atoms with Crippen LogP contribution in [0.15, 0.2) is 94.4 Å². The second kappa shape index (κ2) is 24.0. The molecule has 3 N–H and O–H groups in total. The van der Waals surface area contributed by atoms with E-state index in [9.17, 15) is 40.3 Å². The Labute approximate surface area is 382 Å². The largest absolute Gasteiger partial charge is 0.744 e. The van der Waals surface area contributed by atoms with E-state index in [2.05, 4.69) is 10.6 Å². The van der Waals surface area contributed by atoms with Crippen LogP contribution in [0.3, 0.4) is 0 Å². The molecule has 2 atom stereocenters. The maximum Gasteiger partial charge on any atom is 0.303 e. The third-order valence-corrected chi connectivity index (χ3v) is 13.4. The first kappa shape index (κ1) is 52.6. The van der Waals surface area contributed by atoms with Crippen LogP contribution in [-0.4, -0.2) is 126 Å². The average molecular weight is 942 g/mol. The molecular formula is C46H61N4O13S2-. The molecule has 2 aromatic rings. The van der Waals surface area contributed by atoms with E-state index in [1.807, 2.05) is 47.6 Å². The molecule has 0 fully saturated rings. The summed E-state index contributed by atoms with van der Waals surface area (Å²) < 4.78 is 90.6. The number of nitrogens with one attached hydrogen (secondary N) is 2. The number of rotatable bonds is 27. The zero-order valence-corrected chi connectivity index (χ0v) is 39.3. The first-order valence-corrected chi connectivity index (χ1v) is 24.2. The lowest BCUT2D eigenvalue weighted by atomic mass is 9.75. The number of aliphatic carboxylic acids is 1. The molecule has 0 saturated carbocycles. The summed E-state index contributed by atoms with van der Waals surface area (Å²) in [6, 6.07) is 8.51. The van der Waals surface area contributed by atoms with Crippen LogP contribution in [0.1, 0.15) is 76.3 Å². The average Bonchev–Trinajstić information content (AvgIpc) is 3.62. The molecule has 0 aliphatic carbocycles. The number of ether oxygens (including phenoxy) is 3. The minimum Gasteiger partial charge on any atom is -0.744 e. The van der Waals surface area contributed by atoms with Gasteiger partial charge in [-0.2, -0.15) is 4.58 Å². The fraction of sp³-hybridized carbons (Fsp3) is 0.478. The third-order valence-electron chi connectivity index (χ3n) is 11.7. The molecule has 0 aromatic heterocycles. The van der Waals surface area contributed by atoms with Crippen molar-refractivity contribution < 1.29 is 64.2 Å². The molecular weight excluding hydrogens is 881 g/mol. The number of hydrogen-bond donors (Lipinski definition) is 3. The number of nitrogens with zero attached hydrogens (tertiary/aromatic N) is 2. The molecule has 65 heavy (non-hydrogen) atoms.